The summed E-state index contributed by atoms with van der Waals surface area (Å²) in [5.41, 5.74) is 3.57. The summed E-state index contributed by atoms with van der Waals surface area (Å²) in [6.07, 6.45) is 6.46. The average Bonchev–Trinajstić information content (AvgIpc) is 3.31. The van der Waals surface area contributed by atoms with Gasteiger partial charge in [0.05, 0.1) is 16.8 Å². The Kier molecular flexibility index (Phi) is 6.08. The zero-order valence-corrected chi connectivity index (χ0v) is 19.1. The molecular formula is C27H27N5O2. The fraction of sp³-hybridized carbons (Fsp3) is 0.259. The van der Waals surface area contributed by atoms with Crippen molar-refractivity contribution in [3.8, 4) is 0 Å². The lowest BCUT2D eigenvalue weighted by Crippen LogP contribution is -2.40. The van der Waals surface area contributed by atoms with Crippen LogP contribution in [0, 0.1) is 5.92 Å². The van der Waals surface area contributed by atoms with Crippen LogP contribution in [0.5, 0.6) is 0 Å². The van der Waals surface area contributed by atoms with Gasteiger partial charge in [-0.25, -0.2) is 0 Å². The monoisotopic (exact) mass is 453 g/mol. The Labute approximate surface area is 198 Å². The highest BCUT2D eigenvalue weighted by Gasteiger charge is 2.27. The SMILES string of the molecule is Cn1ccc(C(=O)Nc2ccccc2C(=O)N2CCCC(Cc3cccc4cccnc34)C2)n1. The van der Waals surface area contributed by atoms with Gasteiger partial charge in [-0.2, -0.15) is 5.10 Å². The predicted octanol–water partition coefficient (Wildman–Crippen LogP) is 4.32. The number of anilines is 1. The molecule has 3 heterocycles. The lowest BCUT2D eigenvalue weighted by atomic mass is 9.90. The van der Waals surface area contributed by atoms with Gasteiger partial charge in [0.15, 0.2) is 5.69 Å². The molecule has 0 spiro atoms. The molecule has 4 aromatic rings. The molecule has 0 radical (unpaired) electrons. The van der Waals surface area contributed by atoms with Crippen molar-refractivity contribution in [2.45, 2.75) is 19.3 Å². The van der Waals surface area contributed by atoms with Gasteiger partial charge in [0.25, 0.3) is 11.8 Å². The van der Waals surface area contributed by atoms with Gasteiger partial charge in [0, 0.05) is 37.9 Å². The van der Waals surface area contributed by atoms with Gasteiger partial charge in [0.2, 0.25) is 0 Å². The van der Waals surface area contributed by atoms with E-state index in [2.05, 4.69) is 39.7 Å². The number of nitrogens with one attached hydrogen (secondary N) is 1. The number of carbonyl (C=O) groups is 2. The number of amides is 2. The molecule has 1 atom stereocenters. The first-order valence-corrected chi connectivity index (χ1v) is 11.6. The molecule has 1 fully saturated rings. The standard InChI is InChI=1S/C27H27N5O2/c1-31-16-13-24(30-31)26(33)29-23-12-3-2-11-22(23)27(34)32-15-6-7-19(18-32)17-21-9-4-8-20-10-5-14-28-25(20)21/h2-5,8-14,16,19H,6-7,15,17-18H2,1H3,(H,29,33). The maximum atomic E-state index is 13.5. The molecule has 172 valence electrons. The number of aryl methyl sites for hydroxylation is 1. The number of likely N-dealkylation sites (tertiary alicyclic amines) is 1. The number of nitrogens with zero attached hydrogens (tertiary/aromatic N) is 4. The third-order valence-electron chi connectivity index (χ3n) is 6.38. The topological polar surface area (TPSA) is 80.1 Å². The normalized spacial score (nSPS) is 15.9. The van der Waals surface area contributed by atoms with Gasteiger partial charge in [-0.3, -0.25) is 19.3 Å². The molecule has 2 aromatic carbocycles. The Balaban J connectivity index is 1.31. The highest BCUT2D eigenvalue weighted by atomic mass is 16.2. The van der Waals surface area contributed by atoms with Crippen LogP contribution in [0.4, 0.5) is 5.69 Å². The highest BCUT2D eigenvalue weighted by molar-refractivity contribution is 6.08. The number of hydrogen-bond donors (Lipinski definition) is 1. The Hall–Kier alpha value is -4.00. The van der Waals surface area contributed by atoms with E-state index in [0.717, 1.165) is 30.2 Å². The van der Waals surface area contributed by atoms with E-state index in [4.69, 9.17) is 0 Å². The van der Waals surface area contributed by atoms with E-state index >= 15 is 0 Å². The van der Waals surface area contributed by atoms with E-state index in [0.29, 0.717) is 36.0 Å². The predicted molar refractivity (Wildman–Crippen MR) is 132 cm³/mol. The first-order chi connectivity index (χ1) is 16.6. The zero-order valence-electron chi connectivity index (χ0n) is 19.1. The van der Waals surface area contributed by atoms with E-state index in [1.165, 1.54) is 5.56 Å². The van der Waals surface area contributed by atoms with Gasteiger partial charge in [-0.05, 0) is 55.0 Å². The summed E-state index contributed by atoms with van der Waals surface area (Å²) < 4.78 is 1.57. The molecule has 5 rings (SSSR count). The number of rotatable bonds is 5. The fourth-order valence-corrected chi connectivity index (χ4v) is 4.73. The number of aromatic nitrogens is 3. The van der Waals surface area contributed by atoms with E-state index < -0.39 is 0 Å². The van der Waals surface area contributed by atoms with Crippen LogP contribution in [-0.2, 0) is 13.5 Å². The zero-order chi connectivity index (χ0) is 23.5. The van der Waals surface area contributed by atoms with Crippen molar-refractivity contribution in [1.82, 2.24) is 19.7 Å². The lowest BCUT2D eigenvalue weighted by Gasteiger charge is -2.33. The van der Waals surface area contributed by atoms with Crippen LogP contribution in [0.25, 0.3) is 10.9 Å². The van der Waals surface area contributed by atoms with E-state index in [-0.39, 0.29) is 11.8 Å². The van der Waals surface area contributed by atoms with Gasteiger partial charge in [-0.1, -0.05) is 36.4 Å². The number of benzene rings is 2. The minimum Gasteiger partial charge on any atom is -0.338 e. The summed E-state index contributed by atoms with van der Waals surface area (Å²) in [5, 5.41) is 8.15. The van der Waals surface area contributed by atoms with Gasteiger partial charge < -0.3 is 10.2 Å². The summed E-state index contributed by atoms with van der Waals surface area (Å²) >= 11 is 0. The first-order valence-electron chi connectivity index (χ1n) is 11.6. The van der Waals surface area contributed by atoms with Crippen LogP contribution in [0.15, 0.2) is 73.1 Å². The van der Waals surface area contributed by atoms with E-state index in [9.17, 15) is 9.59 Å². The Bertz CT molecular complexity index is 1340. The van der Waals surface area contributed by atoms with Crippen molar-refractivity contribution in [3.05, 3.63) is 89.9 Å². The Morgan fingerprint density at radius 2 is 1.91 bits per heavy atom. The number of para-hydroxylation sites is 2. The van der Waals surface area contributed by atoms with Crippen LogP contribution in [0.3, 0.4) is 0 Å². The van der Waals surface area contributed by atoms with Crippen LogP contribution in [0.2, 0.25) is 0 Å². The van der Waals surface area contributed by atoms with Crippen LogP contribution < -0.4 is 5.32 Å². The number of piperidine rings is 1. The number of fused-ring (bicyclic) bond motifs is 1. The molecule has 1 saturated heterocycles. The molecule has 2 amide bonds. The average molecular weight is 454 g/mol. The molecule has 0 bridgehead atoms. The van der Waals surface area contributed by atoms with E-state index in [1.807, 2.05) is 29.3 Å². The molecule has 2 aromatic heterocycles. The fourth-order valence-electron chi connectivity index (χ4n) is 4.73. The number of pyridine rings is 1. The van der Waals surface area contributed by atoms with Crippen molar-refractivity contribution in [2.75, 3.05) is 18.4 Å². The minimum absolute atomic E-state index is 0.0577. The first kappa shape index (κ1) is 21.8. The lowest BCUT2D eigenvalue weighted by molar-refractivity contribution is 0.0674. The van der Waals surface area contributed by atoms with Crippen molar-refractivity contribution in [1.29, 1.82) is 0 Å². The Morgan fingerprint density at radius 1 is 1.06 bits per heavy atom. The third kappa shape index (κ3) is 4.55. The van der Waals surface area contributed by atoms with Crippen LogP contribution >= 0.6 is 0 Å². The minimum atomic E-state index is -0.333. The number of carbonyl (C=O) groups excluding carboxylic acids is 2. The second-order valence-corrected chi connectivity index (χ2v) is 8.83. The summed E-state index contributed by atoms with van der Waals surface area (Å²) in [5.74, 6) is -0.0286. The summed E-state index contributed by atoms with van der Waals surface area (Å²) in [7, 11) is 1.76. The summed E-state index contributed by atoms with van der Waals surface area (Å²) in [6.45, 7) is 1.40. The Morgan fingerprint density at radius 3 is 2.76 bits per heavy atom. The smallest absolute Gasteiger partial charge is 0.276 e. The molecule has 1 N–H and O–H groups in total. The number of hydrogen-bond acceptors (Lipinski definition) is 4. The molecule has 1 unspecified atom stereocenters. The maximum absolute atomic E-state index is 13.5. The molecule has 7 nitrogen and oxygen atoms in total. The van der Waals surface area contributed by atoms with Crippen molar-refractivity contribution in [2.24, 2.45) is 13.0 Å². The quantitative estimate of drug-likeness (QED) is 0.488. The molecule has 0 aliphatic carbocycles. The second kappa shape index (κ2) is 9.47. The molecular weight excluding hydrogens is 426 g/mol. The second-order valence-electron chi connectivity index (χ2n) is 8.83. The third-order valence-corrected chi connectivity index (χ3v) is 6.38. The molecule has 1 aliphatic rings. The largest absolute Gasteiger partial charge is 0.338 e. The van der Waals surface area contributed by atoms with Crippen LogP contribution in [0.1, 0.15) is 39.3 Å². The highest BCUT2D eigenvalue weighted by Crippen LogP contribution is 2.27. The summed E-state index contributed by atoms with van der Waals surface area (Å²) in [6, 6.07) is 19.2. The van der Waals surface area contributed by atoms with Gasteiger partial charge >= 0.3 is 0 Å². The summed E-state index contributed by atoms with van der Waals surface area (Å²) in [4.78, 5) is 32.6. The molecule has 1 aliphatic heterocycles. The van der Waals surface area contributed by atoms with Crippen LogP contribution in [-0.4, -0.2) is 44.6 Å². The van der Waals surface area contributed by atoms with Gasteiger partial charge in [0.1, 0.15) is 0 Å². The van der Waals surface area contributed by atoms with Gasteiger partial charge in [-0.15, -0.1) is 0 Å². The van der Waals surface area contributed by atoms with Crippen molar-refractivity contribution in [3.63, 3.8) is 0 Å². The molecule has 0 saturated carbocycles. The van der Waals surface area contributed by atoms with Crippen molar-refractivity contribution >= 4 is 28.4 Å². The maximum Gasteiger partial charge on any atom is 0.276 e. The molecule has 34 heavy (non-hydrogen) atoms. The molecule has 7 heteroatoms. The van der Waals surface area contributed by atoms with Crippen molar-refractivity contribution < 1.29 is 9.59 Å². The van der Waals surface area contributed by atoms with E-state index in [1.54, 1.807) is 36.1 Å².